The van der Waals surface area contributed by atoms with Crippen LogP contribution in [-0.4, -0.2) is 32.8 Å². The summed E-state index contributed by atoms with van der Waals surface area (Å²) in [6, 6.07) is 7.90. The average Bonchev–Trinajstić information content (AvgIpc) is 3.39. The number of nitrogens with one attached hydrogen (secondary N) is 1. The minimum Gasteiger partial charge on any atom is -0.474 e. The molecule has 0 aliphatic heterocycles. The second-order valence-electron chi connectivity index (χ2n) is 7.46. The first kappa shape index (κ1) is 21.4. The number of alkyl halides is 3. The summed E-state index contributed by atoms with van der Waals surface area (Å²) in [4.78, 5) is 17.5. The van der Waals surface area contributed by atoms with Gasteiger partial charge in [0.15, 0.2) is 0 Å². The summed E-state index contributed by atoms with van der Waals surface area (Å²) in [5.41, 5.74) is 0.461. The molecule has 0 spiro atoms. The highest BCUT2D eigenvalue weighted by Gasteiger charge is 2.31. The number of thiophene rings is 1. The van der Waals surface area contributed by atoms with Crippen LogP contribution in [0, 0.1) is 0 Å². The fraction of sp³-hybridized carbons (Fsp3) is 0.381. The van der Waals surface area contributed by atoms with Crippen molar-refractivity contribution < 1.29 is 22.7 Å². The van der Waals surface area contributed by atoms with Crippen molar-refractivity contribution in [3.63, 3.8) is 0 Å². The Labute approximate surface area is 181 Å². The van der Waals surface area contributed by atoms with E-state index in [1.54, 1.807) is 29.1 Å². The maximum atomic E-state index is 12.7. The van der Waals surface area contributed by atoms with Gasteiger partial charge in [0.05, 0.1) is 10.4 Å². The summed E-state index contributed by atoms with van der Waals surface area (Å²) in [5, 5.41) is 9.43. The van der Waals surface area contributed by atoms with E-state index in [1.165, 1.54) is 6.07 Å². The molecular weight excluding hydrogens is 429 g/mol. The Bertz CT molecular complexity index is 1020. The standard InChI is InChI=1S/C21H21F3N4O2S/c1-28-17(11-16(27-28)18-3-2-10-31-18)20(29)26-14-5-7-15(8-6-14)30-19-9-4-13(12-25-19)21(22,23)24/h2-4,9-12,14-15H,5-8H2,1H3,(H,26,29). The van der Waals surface area contributed by atoms with Crippen molar-refractivity contribution in [1.29, 1.82) is 0 Å². The monoisotopic (exact) mass is 450 g/mol. The van der Waals surface area contributed by atoms with Gasteiger partial charge in [-0.3, -0.25) is 9.48 Å². The zero-order valence-corrected chi connectivity index (χ0v) is 17.5. The van der Waals surface area contributed by atoms with Crippen LogP contribution in [0.2, 0.25) is 0 Å². The van der Waals surface area contributed by atoms with Gasteiger partial charge in [0.1, 0.15) is 17.5 Å². The number of amides is 1. The van der Waals surface area contributed by atoms with Crippen LogP contribution in [0.4, 0.5) is 13.2 Å². The van der Waals surface area contributed by atoms with Gasteiger partial charge < -0.3 is 10.1 Å². The molecule has 3 aromatic heterocycles. The van der Waals surface area contributed by atoms with Crippen LogP contribution in [0.25, 0.3) is 10.6 Å². The van der Waals surface area contributed by atoms with Crippen molar-refractivity contribution >= 4 is 17.2 Å². The quantitative estimate of drug-likeness (QED) is 0.613. The second kappa shape index (κ2) is 8.70. The highest BCUT2D eigenvalue weighted by Crippen LogP contribution is 2.30. The molecule has 1 N–H and O–H groups in total. The second-order valence-corrected chi connectivity index (χ2v) is 8.41. The molecule has 3 aromatic rings. The van der Waals surface area contributed by atoms with E-state index in [1.807, 2.05) is 17.5 Å². The minimum absolute atomic E-state index is 0.00741. The van der Waals surface area contributed by atoms with Gasteiger partial charge in [-0.15, -0.1) is 11.3 Å². The molecule has 1 fully saturated rings. The van der Waals surface area contributed by atoms with Crippen molar-refractivity contribution in [1.82, 2.24) is 20.1 Å². The van der Waals surface area contributed by atoms with Crippen molar-refractivity contribution in [2.75, 3.05) is 0 Å². The molecule has 0 unspecified atom stereocenters. The first-order valence-corrected chi connectivity index (χ1v) is 10.8. The van der Waals surface area contributed by atoms with Crippen LogP contribution in [0.1, 0.15) is 41.7 Å². The lowest BCUT2D eigenvalue weighted by Crippen LogP contribution is -2.40. The lowest BCUT2D eigenvalue weighted by Gasteiger charge is -2.29. The number of hydrogen-bond acceptors (Lipinski definition) is 5. The van der Waals surface area contributed by atoms with Crippen LogP contribution in [-0.2, 0) is 13.2 Å². The molecule has 0 saturated heterocycles. The van der Waals surface area contributed by atoms with Crippen LogP contribution < -0.4 is 10.1 Å². The number of hydrogen-bond donors (Lipinski definition) is 1. The molecule has 1 saturated carbocycles. The zero-order valence-electron chi connectivity index (χ0n) is 16.7. The Morgan fingerprint density at radius 3 is 2.61 bits per heavy atom. The van der Waals surface area contributed by atoms with Gasteiger partial charge in [-0.25, -0.2) is 4.98 Å². The number of aromatic nitrogens is 3. The Morgan fingerprint density at radius 1 is 1.23 bits per heavy atom. The summed E-state index contributed by atoms with van der Waals surface area (Å²) in [6.45, 7) is 0. The Hall–Kier alpha value is -2.88. The Kier molecular flexibility index (Phi) is 5.99. The number of halogens is 3. The van der Waals surface area contributed by atoms with Gasteiger partial charge in [0.2, 0.25) is 5.88 Å². The molecule has 1 aliphatic rings. The molecule has 0 atom stereocenters. The SMILES string of the molecule is Cn1nc(-c2cccs2)cc1C(=O)NC1CCC(Oc2ccc(C(F)(F)F)cn2)CC1. The largest absolute Gasteiger partial charge is 0.474 e. The normalized spacial score (nSPS) is 19.2. The molecule has 0 radical (unpaired) electrons. The third kappa shape index (κ3) is 5.07. The molecule has 1 aliphatic carbocycles. The van der Waals surface area contributed by atoms with Crippen LogP contribution in [0.5, 0.6) is 5.88 Å². The van der Waals surface area contributed by atoms with Gasteiger partial charge in [-0.05, 0) is 49.3 Å². The predicted molar refractivity (Wildman–Crippen MR) is 110 cm³/mol. The highest BCUT2D eigenvalue weighted by atomic mass is 32.1. The lowest BCUT2D eigenvalue weighted by molar-refractivity contribution is -0.137. The fourth-order valence-electron chi connectivity index (χ4n) is 3.60. The van der Waals surface area contributed by atoms with E-state index >= 15 is 0 Å². The molecule has 31 heavy (non-hydrogen) atoms. The van der Waals surface area contributed by atoms with E-state index in [0.717, 1.165) is 22.8 Å². The number of pyridine rings is 1. The average molecular weight is 450 g/mol. The molecule has 3 heterocycles. The number of carbonyl (C=O) groups excluding carboxylic acids is 1. The van der Waals surface area contributed by atoms with Crippen molar-refractivity contribution in [2.24, 2.45) is 7.05 Å². The van der Waals surface area contributed by atoms with Crippen LogP contribution in [0.15, 0.2) is 41.9 Å². The Morgan fingerprint density at radius 2 is 2.00 bits per heavy atom. The highest BCUT2D eigenvalue weighted by molar-refractivity contribution is 7.13. The summed E-state index contributed by atoms with van der Waals surface area (Å²) in [7, 11) is 1.74. The molecule has 1 amide bonds. The van der Waals surface area contributed by atoms with Crippen molar-refractivity contribution in [3.05, 3.63) is 53.2 Å². The van der Waals surface area contributed by atoms with Crippen LogP contribution in [0.3, 0.4) is 0 Å². The first-order valence-electron chi connectivity index (χ1n) is 9.88. The van der Waals surface area contributed by atoms with Crippen LogP contribution >= 0.6 is 11.3 Å². The topological polar surface area (TPSA) is 69.0 Å². The summed E-state index contributed by atoms with van der Waals surface area (Å²) < 4.78 is 45.2. The van der Waals surface area contributed by atoms with E-state index < -0.39 is 11.7 Å². The van der Waals surface area contributed by atoms with E-state index in [4.69, 9.17) is 4.74 Å². The number of ether oxygens (including phenoxy) is 1. The van der Waals surface area contributed by atoms with E-state index in [9.17, 15) is 18.0 Å². The maximum absolute atomic E-state index is 12.7. The summed E-state index contributed by atoms with van der Waals surface area (Å²) in [6.07, 6.45) is -0.988. The van der Waals surface area contributed by atoms with Gasteiger partial charge in [-0.1, -0.05) is 6.07 Å². The first-order chi connectivity index (χ1) is 14.8. The minimum atomic E-state index is -4.42. The molecule has 0 aromatic carbocycles. The number of nitrogens with zero attached hydrogens (tertiary/aromatic N) is 3. The molecule has 164 valence electrons. The fourth-order valence-corrected chi connectivity index (χ4v) is 4.28. The molecule has 0 bridgehead atoms. The van der Waals surface area contributed by atoms with Gasteiger partial charge in [0.25, 0.3) is 5.91 Å². The van der Waals surface area contributed by atoms with Gasteiger partial charge >= 0.3 is 6.18 Å². The van der Waals surface area contributed by atoms with Gasteiger partial charge in [-0.2, -0.15) is 18.3 Å². The van der Waals surface area contributed by atoms with Crippen molar-refractivity contribution in [2.45, 2.75) is 44.0 Å². The maximum Gasteiger partial charge on any atom is 0.417 e. The lowest BCUT2D eigenvalue weighted by atomic mass is 9.93. The number of aryl methyl sites for hydroxylation is 1. The van der Waals surface area contributed by atoms with E-state index in [0.29, 0.717) is 31.4 Å². The molecule has 10 heteroatoms. The molecule has 6 nitrogen and oxygen atoms in total. The Balaban J connectivity index is 1.29. The summed E-state index contributed by atoms with van der Waals surface area (Å²) in [5.74, 6) is 0.00283. The third-order valence-corrected chi connectivity index (χ3v) is 6.14. The van der Waals surface area contributed by atoms with E-state index in [2.05, 4.69) is 15.4 Å². The molecular formula is C21H21F3N4O2S. The third-order valence-electron chi connectivity index (χ3n) is 5.25. The number of carbonyl (C=O) groups is 1. The number of rotatable bonds is 5. The zero-order chi connectivity index (χ0) is 22.0. The van der Waals surface area contributed by atoms with E-state index in [-0.39, 0.29) is 23.9 Å². The van der Waals surface area contributed by atoms with Gasteiger partial charge in [0, 0.05) is 25.4 Å². The smallest absolute Gasteiger partial charge is 0.417 e. The summed E-state index contributed by atoms with van der Waals surface area (Å²) >= 11 is 1.57. The predicted octanol–water partition coefficient (Wildman–Crippen LogP) is 4.68. The molecule has 4 rings (SSSR count). The van der Waals surface area contributed by atoms with Crippen molar-refractivity contribution in [3.8, 4) is 16.5 Å².